The van der Waals surface area contributed by atoms with Crippen LogP contribution in [-0.2, 0) is 57.0 Å². The average molecular weight is 908 g/mol. The maximum atomic E-state index is 13.2. The Hall–Kier alpha value is -3.39. The lowest BCUT2D eigenvalue weighted by molar-refractivity contribution is -0.136. The van der Waals surface area contributed by atoms with E-state index >= 15 is 0 Å². The molecule has 2 N–H and O–H groups in total. The van der Waals surface area contributed by atoms with E-state index in [0.29, 0.717) is 119 Å². The maximum absolute atomic E-state index is 13.2. The molecule has 0 aliphatic carbocycles. The summed E-state index contributed by atoms with van der Waals surface area (Å²) in [6.45, 7) is 11.7. The highest BCUT2D eigenvalue weighted by Crippen LogP contribution is 2.32. The number of unbranched alkanes of at least 4 members (excludes halogenated alkanes) is 11. The molecule has 1 unspecified atom stereocenters. The van der Waals surface area contributed by atoms with Crippen LogP contribution < -0.4 is 10.6 Å². The number of imide groups is 2. The molecule has 2 aliphatic heterocycles. The van der Waals surface area contributed by atoms with E-state index in [1.165, 1.54) is 63.9 Å². The Morgan fingerprint density at radius 3 is 1.39 bits per heavy atom. The molecule has 1 aromatic carbocycles. The monoisotopic (exact) mass is 908 g/mol. The number of fused-ring (bicyclic) bond motifs is 1. The fourth-order valence-electron chi connectivity index (χ4n) is 7.05. The molecular weight excluding hydrogens is 831 g/mol. The Morgan fingerprint density at radius 1 is 0.547 bits per heavy atom. The molecule has 1 fully saturated rings. The molecule has 17 heteroatoms. The molecule has 0 bridgehead atoms. The number of hydrogen-bond donors (Lipinski definition) is 2. The second-order valence-electron chi connectivity index (χ2n) is 15.7. The van der Waals surface area contributed by atoms with E-state index in [2.05, 4.69) is 17.6 Å². The summed E-state index contributed by atoms with van der Waals surface area (Å²) >= 11 is 0. The smallest absolute Gasteiger partial charge is 0.264 e. The molecule has 364 valence electrons. The minimum atomic E-state index is -1.07. The Morgan fingerprint density at radius 2 is 0.953 bits per heavy atom. The van der Waals surface area contributed by atoms with E-state index in [1.54, 1.807) is 12.1 Å². The molecule has 5 amide bonds. The summed E-state index contributed by atoms with van der Waals surface area (Å²) in [5.41, 5.74) is 0.390. The number of rotatable bonds is 43. The van der Waals surface area contributed by atoms with Crippen LogP contribution >= 0.6 is 0 Å². The van der Waals surface area contributed by atoms with Crippen molar-refractivity contribution in [3.8, 4) is 0 Å². The topological polar surface area (TPSA) is 196 Å². The lowest BCUT2D eigenvalue weighted by Crippen LogP contribution is -2.54. The van der Waals surface area contributed by atoms with Gasteiger partial charge in [-0.25, -0.2) is 0 Å². The summed E-state index contributed by atoms with van der Waals surface area (Å²) in [5.74, 6) is -2.70. The van der Waals surface area contributed by atoms with Crippen molar-refractivity contribution in [1.29, 1.82) is 0 Å². The molecule has 2 heterocycles. The van der Waals surface area contributed by atoms with Crippen LogP contribution in [0.25, 0.3) is 0 Å². The third kappa shape index (κ3) is 24.2. The van der Waals surface area contributed by atoms with E-state index in [0.717, 1.165) is 30.8 Å². The molecule has 1 aromatic rings. The summed E-state index contributed by atoms with van der Waals surface area (Å²) in [5, 5.41) is 4.92. The predicted molar refractivity (Wildman–Crippen MR) is 239 cm³/mol. The van der Waals surface area contributed by atoms with Crippen LogP contribution in [0.1, 0.15) is 130 Å². The predicted octanol–water partition coefficient (Wildman–Crippen LogP) is 5.66. The molecule has 0 saturated carbocycles. The third-order valence-corrected chi connectivity index (χ3v) is 10.6. The largest absolute Gasteiger partial charge is 0.379 e. The second kappa shape index (κ2) is 36.8. The highest BCUT2D eigenvalue weighted by molar-refractivity contribution is 6.26. The second-order valence-corrected chi connectivity index (χ2v) is 15.7. The van der Waals surface area contributed by atoms with Gasteiger partial charge in [-0.2, -0.15) is 0 Å². The normalized spacial score (nSPS) is 15.0. The number of ether oxygens (including phenoxy) is 9. The maximum Gasteiger partial charge on any atom is 0.264 e. The average Bonchev–Trinajstić information content (AvgIpc) is 3.54. The van der Waals surface area contributed by atoms with Crippen LogP contribution in [0.2, 0.25) is 0 Å². The zero-order valence-electron chi connectivity index (χ0n) is 38.5. The first-order chi connectivity index (χ1) is 31.4. The van der Waals surface area contributed by atoms with Crippen molar-refractivity contribution in [3.05, 3.63) is 29.3 Å². The van der Waals surface area contributed by atoms with E-state index in [9.17, 15) is 24.0 Å². The van der Waals surface area contributed by atoms with Gasteiger partial charge in [0.2, 0.25) is 17.7 Å². The van der Waals surface area contributed by atoms with Gasteiger partial charge in [-0.1, -0.05) is 77.2 Å². The number of hydrogen-bond acceptors (Lipinski definition) is 14. The third-order valence-electron chi connectivity index (χ3n) is 10.6. The number of amides is 5. The molecule has 0 aromatic heterocycles. The van der Waals surface area contributed by atoms with Crippen molar-refractivity contribution < 1.29 is 66.6 Å². The number of benzene rings is 1. The number of anilines is 1. The number of carbonyl (C=O) groups is 5. The van der Waals surface area contributed by atoms with Crippen LogP contribution in [0, 0.1) is 0 Å². The van der Waals surface area contributed by atoms with E-state index in [4.69, 9.17) is 42.6 Å². The van der Waals surface area contributed by atoms with Gasteiger partial charge in [-0.3, -0.25) is 34.2 Å². The molecule has 2 aliphatic rings. The van der Waals surface area contributed by atoms with Crippen LogP contribution in [0.5, 0.6) is 0 Å². The van der Waals surface area contributed by atoms with Crippen molar-refractivity contribution in [2.75, 3.05) is 124 Å². The zero-order chi connectivity index (χ0) is 45.7. The number of piperidine rings is 1. The van der Waals surface area contributed by atoms with Crippen molar-refractivity contribution in [2.24, 2.45) is 0 Å². The molecule has 1 saturated heterocycles. The van der Waals surface area contributed by atoms with Crippen LogP contribution in [0.4, 0.5) is 5.69 Å². The Balaban J connectivity index is 0.976. The van der Waals surface area contributed by atoms with Gasteiger partial charge in [-0.15, -0.1) is 0 Å². The zero-order valence-corrected chi connectivity index (χ0v) is 38.5. The van der Waals surface area contributed by atoms with Crippen molar-refractivity contribution in [1.82, 2.24) is 10.2 Å². The summed E-state index contributed by atoms with van der Waals surface area (Å²) < 4.78 is 50.0. The van der Waals surface area contributed by atoms with Gasteiger partial charge in [0.1, 0.15) is 6.04 Å². The molecular formula is C47H77N3O14. The van der Waals surface area contributed by atoms with Gasteiger partial charge in [0.25, 0.3) is 11.8 Å². The summed E-state index contributed by atoms with van der Waals surface area (Å²) in [6, 6.07) is 3.54. The Bertz CT molecular complexity index is 1450. The number of nitrogens with one attached hydrogen (secondary N) is 2. The fourth-order valence-corrected chi connectivity index (χ4v) is 7.05. The fraction of sp³-hybridized carbons (Fsp3) is 0.766. The van der Waals surface area contributed by atoms with E-state index in [-0.39, 0.29) is 42.0 Å². The molecule has 17 nitrogen and oxygen atoms in total. The minimum absolute atomic E-state index is 0.0300. The van der Waals surface area contributed by atoms with Crippen LogP contribution in [0.3, 0.4) is 0 Å². The molecule has 0 spiro atoms. The van der Waals surface area contributed by atoms with Crippen molar-refractivity contribution in [2.45, 2.75) is 116 Å². The lowest BCUT2D eigenvalue weighted by atomic mass is 10.0. The molecule has 1 atom stereocenters. The van der Waals surface area contributed by atoms with Crippen LogP contribution in [-0.4, -0.2) is 159 Å². The first-order valence-corrected chi connectivity index (χ1v) is 23.8. The van der Waals surface area contributed by atoms with Gasteiger partial charge in [0.05, 0.1) is 123 Å². The van der Waals surface area contributed by atoms with Gasteiger partial charge < -0.3 is 47.9 Å². The standard InChI is InChI=1S/C47H77N3O14/c1-2-3-4-5-6-7-8-9-10-13-21-56-23-25-58-27-29-60-31-33-62-35-37-64-38-36-63-34-32-61-30-28-59-26-24-57-22-14-11-12-18-42(51)48-40-17-15-16-39-44(40)47(55)50(46(39)54)41-19-20-43(52)49-45(41)53/h15-17,41H,2-14,18-38H2,1H3,(H,48,51)(H,49,52,53). The van der Waals surface area contributed by atoms with Crippen molar-refractivity contribution >= 4 is 35.2 Å². The quantitative estimate of drug-likeness (QED) is 0.0602. The molecule has 0 radical (unpaired) electrons. The Labute approximate surface area is 380 Å². The lowest BCUT2D eigenvalue weighted by Gasteiger charge is -2.27. The summed E-state index contributed by atoms with van der Waals surface area (Å²) in [7, 11) is 0. The van der Waals surface area contributed by atoms with Gasteiger partial charge in [0.15, 0.2) is 0 Å². The Kier molecular flexibility index (Phi) is 31.6. The highest BCUT2D eigenvalue weighted by atomic mass is 16.6. The van der Waals surface area contributed by atoms with E-state index < -0.39 is 29.7 Å². The number of nitrogens with zero attached hydrogens (tertiary/aromatic N) is 1. The first-order valence-electron chi connectivity index (χ1n) is 23.8. The summed E-state index contributed by atoms with van der Waals surface area (Å²) in [6.07, 6.45) is 15.8. The van der Waals surface area contributed by atoms with Gasteiger partial charge in [-0.05, 0) is 37.8 Å². The molecule has 64 heavy (non-hydrogen) atoms. The summed E-state index contributed by atoms with van der Waals surface area (Å²) in [4.78, 5) is 63.6. The number of carbonyl (C=O) groups excluding carboxylic acids is 5. The highest BCUT2D eigenvalue weighted by Gasteiger charge is 2.45. The van der Waals surface area contributed by atoms with E-state index in [1.807, 2.05) is 0 Å². The van der Waals surface area contributed by atoms with Crippen molar-refractivity contribution in [3.63, 3.8) is 0 Å². The van der Waals surface area contributed by atoms with Gasteiger partial charge in [0, 0.05) is 26.1 Å². The SMILES string of the molecule is CCCCCCCCCCCCOCCOCCOCCOCCOCCOCCOCCOCCOCCCCCC(=O)Nc1cccc2c1C(=O)N(C1CCC(=O)NC1=O)C2=O. The minimum Gasteiger partial charge on any atom is -0.379 e. The molecule has 3 rings (SSSR count). The van der Waals surface area contributed by atoms with Gasteiger partial charge >= 0.3 is 0 Å². The first kappa shape index (κ1) is 54.9. The van der Waals surface area contributed by atoms with Crippen LogP contribution in [0.15, 0.2) is 18.2 Å².